The van der Waals surface area contributed by atoms with E-state index in [0.29, 0.717) is 5.69 Å². The van der Waals surface area contributed by atoms with Crippen LogP contribution in [-0.2, 0) is 0 Å². The topological polar surface area (TPSA) is 49.3 Å². The van der Waals surface area contributed by atoms with Gasteiger partial charge < -0.3 is 10.4 Å². The van der Waals surface area contributed by atoms with Crippen molar-refractivity contribution in [3.8, 4) is 5.75 Å². The van der Waals surface area contributed by atoms with Crippen LogP contribution in [0.2, 0.25) is 0 Å². The molecule has 0 atom stereocenters. The van der Waals surface area contributed by atoms with Crippen molar-refractivity contribution < 1.29 is 9.90 Å². The number of rotatable bonds is 2. The molecule has 0 saturated carbocycles. The van der Waals surface area contributed by atoms with Gasteiger partial charge in [-0.3, -0.25) is 4.79 Å². The third kappa shape index (κ3) is 3.36. The van der Waals surface area contributed by atoms with E-state index in [4.69, 9.17) is 0 Å². The van der Waals surface area contributed by atoms with E-state index in [-0.39, 0.29) is 17.2 Å². The van der Waals surface area contributed by atoms with Crippen molar-refractivity contribution in [2.75, 3.05) is 5.32 Å². The lowest BCUT2D eigenvalue weighted by Crippen LogP contribution is -2.12. The number of nitrogens with one attached hydrogen (secondary N) is 1. The van der Waals surface area contributed by atoms with Crippen LogP contribution in [0, 0.1) is 6.92 Å². The molecular weight excluding hydrogens is 374 g/mol. The molecule has 0 radical (unpaired) electrons. The Morgan fingerprint density at radius 2 is 1.89 bits per heavy atom. The second kappa shape index (κ2) is 5.75. The van der Waals surface area contributed by atoms with Crippen LogP contribution in [0.4, 0.5) is 5.69 Å². The quantitative estimate of drug-likeness (QED) is 0.801. The Balaban J connectivity index is 2.23. The lowest BCUT2D eigenvalue weighted by molar-refractivity contribution is 0.102. The minimum absolute atomic E-state index is 0.0574. The van der Waals surface area contributed by atoms with Crippen LogP contribution in [0.5, 0.6) is 5.75 Å². The Kier molecular flexibility index (Phi) is 4.27. The molecule has 0 unspecified atom stereocenters. The number of phenolic OH excluding ortho intramolecular Hbond substituents is 1. The molecule has 0 aliphatic carbocycles. The van der Waals surface area contributed by atoms with Gasteiger partial charge in [-0.1, -0.05) is 37.9 Å². The third-order valence-electron chi connectivity index (χ3n) is 2.63. The lowest BCUT2D eigenvalue weighted by atomic mass is 10.1. The van der Waals surface area contributed by atoms with Crippen molar-refractivity contribution in [1.29, 1.82) is 0 Å². The van der Waals surface area contributed by atoms with E-state index < -0.39 is 0 Å². The van der Waals surface area contributed by atoms with E-state index in [2.05, 4.69) is 37.2 Å². The lowest BCUT2D eigenvalue weighted by Gasteiger charge is -2.08. The SMILES string of the molecule is Cc1ccc(NC(=O)c2ccc(Br)cc2O)cc1Br. The maximum Gasteiger partial charge on any atom is 0.259 e. The highest BCUT2D eigenvalue weighted by atomic mass is 79.9. The first-order valence-corrected chi connectivity index (χ1v) is 7.12. The molecule has 2 N–H and O–H groups in total. The summed E-state index contributed by atoms with van der Waals surface area (Å²) in [5, 5.41) is 12.5. The Hall–Kier alpha value is -1.33. The van der Waals surface area contributed by atoms with Crippen molar-refractivity contribution in [1.82, 2.24) is 0 Å². The fraction of sp³-hybridized carbons (Fsp3) is 0.0714. The number of phenols is 1. The van der Waals surface area contributed by atoms with Crippen LogP contribution in [0.3, 0.4) is 0 Å². The Labute approximate surface area is 127 Å². The van der Waals surface area contributed by atoms with Crippen molar-refractivity contribution in [2.24, 2.45) is 0 Å². The van der Waals surface area contributed by atoms with Crippen LogP contribution in [0.25, 0.3) is 0 Å². The summed E-state index contributed by atoms with van der Waals surface area (Å²) in [7, 11) is 0. The van der Waals surface area contributed by atoms with E-state index in [0.717, 1.165) is 14.5 Å². The Bertz CT molecular complexity index is 641. The summed E-state index contributed by atoms with van der Waals surface area (Å²) < 4.78 is 1.64. The van der Waals surface area contributed by atoms with Gasteiger partial charge in [0.05, 0.1) is 5.56 Å². The second-order valence-corrected chi connectivity index (χ2v) is 5.85. The molecule has 0 bridgehead atoms. The summed E-state index contributed by atoms with van der Waals surface area (Å²) in [5.41, 5.74) is 1.99. The molecule has 0 aliphatic rings. The van der Waals surface area contributed by atoms with Gasteiger partial charge in [0.2, 0.25) is 0 Å². The number of carbonyl (C=O) groups excluding carboxylic acids is 1. The number of amides is 1. The van der Waals surface area contributed by atoms with Gasteiger partial charge in [-0.2, -0.15) is 0 Å². The van der Waals surface area contributed by atoms with Crippen molar-refractivity contribution in [2.45, 2.75) is 6.92 Å². The highest BCUT2D eigenvalue weighted by molar-refractivity contribution is 9.10. The van der Waals surface area contributed by atoms with Crippen LogP contribution >= 0.6 is 31.9 Å². The van der Waals surface area contributed by atoms with Gasteiger partial charge in [-0.15, -0.1) is 0 Å². The molecule has 19 heavy (non-hydrogen) atoms. The van der Waals surface area contributed by atoms with Gasteiger partial charge in [0, 0.05) is 14.6 Å². The Morgan fingerprint density at radius 1 is 1.16 bits per heavy atom. The van der Waals surface area contributed by atoms with Crippen LogP contribution in [-0.4, -0.2) is 11.0 Å². The van der Waals surface area contributed by atoms with Gasteiger partial charge in [0.1, 0.15) is 5.75 Å². The van der Waals surface area contributed by atoms with Crippen molar-refractivity contribution in [3.63, 3.8) is 0 Å². The number of anilines is 1. The minimum Gasteiger partial charge on any atom is -0.507 e. The molecule has 2 aromatic rings. The highest BCUT2D eigenvalue weighted by Gasteiger charge is 2.11. The summed E-state index contributed by atoms with van der Waals surface area (Å²) >= 11 is 6.64. The molecule has 0 aromatic heterocycles. The monoisotopic (exact) mass is 383 g/mol. The van der Waals surface area contributed by atoms with Gasteiger partial charge in [-0.05, 0) is 42.8 Å². The number of benzene rings is 2. The summed E-state index contributed by atoms with van der Waals surface area (Å²) in [6.07, 6.45) is 0. The van der Waals surface area contributed by atoms with Gasteiger partial charge in [0.25, 0.3) is 5.91 Å². The van der Waals surface area contributed by atoms with Crippen LogP contribution in [0.1, 0.15) is 15.9 Å². The summed E-state index contributed by atoms with van der Waals surface area (Å²) in [6.45, 7) is 1.97. The molecule has 0 saturated heterocycles. The second-order valence-electron chi connectivity index (χ2n) is 4.08. The molecule has 3 nitrogen and oxygen atoms in total. The smallest absolute Gasteiger partial charge is 0.259 e. The fourth-order valence-electron chi connectivity index (χ4n) is 1.57. The highest BCUT2D eigenvalue weighted by Crippen LogP contribution is 2.25. The molecule has 98 valence electrons. The molecule has 5 heteroatoms. The minimum atomic E-state index is -0.347. The Morgan fingerprint density at radius 3 is 2.53 bits per heavy atom. The first-order valence-electron chi connectivity index (χ1n) is 5.53. The molecule has 0 spiro atoms. The van der Waals surface area contributed by atoms with E-state index in [1.807, 2.05) is 25.1 Å². The molecule has 0 heterocycles. The standard InChI is InChI=1S/C14H11Br2NO2/c1-8-2-4-10(7-12(8)16)17-14(19)11-5-3-9(15)6-13(11)18/h2-7,18H,1H3,(H,17,19). The molecule has 2 rings (SSSR count). The van der Waals surface area contributed by atoms with Crippen LogP contribution < -0.4 is 5.32 Å². The third-order valence-corrected chi connectivity index (χ3v) is 3.98. The zero-order valence-corrected chi connectivity index (χ0v) is 13.2. The number of halogens is 2. The zero-order chi connectivity index (χ0) is 14.0. The number of hydrogen-bond donors (Lipinski definition) is 2. The average molecular weight is 385 g/mol. The van der Waals surface area contributed by atoms with Crippen molar-refractivity contribution >= 4 is 43.5 Å². The van der Waals surface area contributed by atoms with E-state index in [1.54, 1.807) is 12.1 Å². The summed E-state index contributed by atoms with van der Waals surface area (Å²) in [5.74, 6) is -0.404. The zero-order valence-electron chi connectivity index (χ0n) is 10.1. The molecule has 0 aliphatic heterocycles. The van der Waals surface area contributed by atoms with Crippen molar-refractivity contribution in [3.05, 3.63) is 56.5 Å². The normalized spacial score (nSPS) is 10.3. The molecule has 0 fully saturated rings. The predicted molar refractivity (Wildman–Crippen MR) is 82.6 cm³/mol. The predicted octanol–water partition coefficient (Wildman–Crippen LogP) is 4.48. The van der Waals surface area contributed by atoms with Gasteiger partial charge in [-0.25, -0.2) is 0 Å². The first-order chi connectivity index (χ1) is 8.97. The summed E-state index contributed by atoms with van der Waals surface area (Å²) in [4.78, 5) is 12.0. The van der Waals surface area contributed by atoms with Gasteiger partial charge >= 0.3 is 0 Å². The van der Waals surface area contributed by atoms with Crippen LogP contribution in [0.15, 0.2) is 45.3 Å². The molecule has 1 amide bonds. The fourth-order valence-corrected chi connectivity index (χ4v) is 2.29. The van der Waals surface area contributed by atoms with Gasteiger partial charge in [0.15, 0.2) is 0 Å². The maximum absolute atomic E-state index is 12.0. The van der Waals surface area contributed by atoms with E-state index in [9.17, 15) is 9.90 Å². The van der Waals surface area contributed by atoms with E-state index >= 15 is 0 Å². The number of aryl methyl sites for hydroxylation is 1. The largest absolute Gasteiger partial charge is 0.507 e. The molecule has 2 aromatic carbocycles. The number of hydrogen-bond acceptors (Lipinski definition) is 2. The maximum atomic E-state index is 12.0. The van der Waals surface area contributed by atoms with E-state index in [1.165, 1.54) is 6.07 Å². The molecular formula is C14H11Br2NO2. The number of aromatic hydroxyl groups is 1. The number of carbonyl (C=O) groups is 1. The first kappa shape index (κ1) is 14.1. The summed E-state index contributed by atoms with van der Waals surface area (Å²) in [6, 6.07) is 10.3. The average Bonchev–Trinajstić information content (AvgIpc) is 2.33.